The molecule has 0 saturated carbocycles. The van der Waals surface area contributed by atoms with E-state index < -0.39 is 15.8 Å². The van der Waals surface area contributed by atoms with Crippen molar-refractivity contribution in [1.82, 2.24) is 4.98 Å². The van der Waals surface area contributed by atoms with Crippen molar-refractivity contribution in [2.24, 2.45) is 0 Å². The summed E-state index contributed by atoms with van der Waals surface area (Å²) in [6.07, 6.45) is 1.58. The predicted octanol–water partition coefficient (Wildman–Crippen LogP) is 3.48. The van der Waals surface area contributed by atoms with Gasteiger partial charge in [-0.25, -0.2) is 12.8 Å². The third kappa shape index (κ3) is 2.65. The van der Waals surface area contributed by atoms with Crippen LogP contribution in [-0.4, -0.2) is 13.4 Å². The summed E-state index contributed by atoms with van der Waals surface area (Å²) in [5.74, 6) is -0.777. The van der Waals surface area contributed by atoms with Gasteiger partial charge in [0.15, 0.2) is 0 Å². The molecule has 112 valence electrons. The highest BCUT2D eigenvalue weighted by Gasteiger charge is 2.20. The van der Waals surface area contributed by atoms with Crippen molar-refractivity contribution >= 4 is 26.6 Å². The lowest BCUT2D eigenvalue weighted by Crippen LogP contribution is -2.15. The summed E-state index contributed by atoms with van der Waals surface area (Å²) in [6.45, 7) is 1.70. The first-order chi connectivity index (χ1) is 10.5. The van der Waals surface area contributed by atoms with Gasteiger partial charge < -0.3 is 0 Å². The molecule has 1 N–H and O–H groups in total. The fourth-order valence-corrected chi connectivity index (χ4v) is 3.34. The highest BCUT2D eigenvalue weighted by atomic mass is 32.2. The van der Waals surface area contributed by atoms with E-state index in [0.717, 1.165) is 5.39 Å². The Morgan fingerprint density at radius 2 is 1.86 bits per heavy atom. The van der Waals surface area contributed by atoms with Crippen LogP contribution in [0.1, 0.15) is 5.56 Å². The fourth-order valence-electron chi connectivity index (χ4n) is 2.21. The minimum Gasteiger partial charge on any atom is -0.277 e. The van der Waals surface area contributed by atoms with Gasteiger partial charge in [-0.1, -0.05) is 24.3 Å². The molecule has 0 aliphatic carbocycles. The molecule has 3 aromatic rings. The zero-order valence-electron chi connectivity index (χ0n) is 11.7. The van der Waals surface area contributed by atoms with Crippen molar-refractivity contribution in [3.05, 3.63) is 66.1 Å². The third-order valence-corrected chi connectivity index (χ3v) is 4.65. The van der Waals surface area contributed by atoms with Crippen LogP contribution >= 0.6 is 0 Å². The number of hydrogen-bond donors (Lipinski definition) is 1. The van der Waals surface area contributed by atoms with E-state index in [1.165, 1.54) is 12.1 Å². The normalized spacial score (nSPS) is 11.5. The summed E-state index contributed by atoms with van der Waals surface area (Å²) in [7, 11) is -4.02. The Morgan fingerprint density at radius 3 is 2.64 bits per heavy atom. The third-order valence-electron chi connectivity index (χ3n) is 3.25. The monoisotopic (exact) mass is 316 g/mol. The molecule has 0 amide bonds. The Bertz CT molecular complexity index is 950. The molecular formula is C16H13FN2O2S. The Morgan fingerprint density at radius 1 is 1.09 bits per heavy atom. The van der Waals surface area contributed by atoms with Crippen LogP contribution < -0.4 is 4.72 Å². The molecule has 0 atom stereocenters. The highest BCUT2D eigenvalue weighted by molar-refractivity contribution is 7.92. The second kappa shape index (κ2) is 5.38. The highest BCUT2D eigenvalue weighted by Crippen LogP contribution is 2.25. The Hall–Kier alpha value is -2.47. The molecule has 6 heteroatoms. The second-order valence-corrected chi connectivity index (χ2v) is 6.57. The van der Waals surface area contributed by atoms with E-state index in [4.69, 9.17) is 0 Å². The summed E-state index contributed by atoms with van der Waals surface area (Å²) in [5, 5.41) is 0.798. The van der Waals surface area contributed by atoms with Crippen LogP contribution in [0.25, 0.3) is 10.9 Å². The molecule has 0 bridgehead atoms. The van der Waals surface area contributed by atoms with Crippen LogP contribution in [0.2, 0.25) is 0 Å². The zero-order chi connectivity index (χ0) is 15.7. The number of para-hydroxylation sites is 1. The van der Waals surface area contributed by atoms with E-state index in [1.54, 1.807) is 37.4 Å². The van der Waals surface area contributed by atoms with Crippen molar-refractivity contribution in [2.75, 3.05) is 4.72 Å². The Kier molecular flexibility index (Phi) is 3.54. The molecule has 0 radical (unpaired) electrons. The lowest BCUT2D eigenvalue weighted by Gasteiger charge is -2.11. The van der Waals surface area contributed by atoms with E-state index >= 15 is 0 Å². The van der Waals surface area contributed by atoms with Crippen LogP contribution in [0.15, 0.2) is 59.6 Å². The quantitative estimate of drug-likeness (QED) is 0.805. The number of hydrogen-bond acceptors (Lipinski definition) is 3. The topological polar surface area (TPSA) is 59.1 Å². The van der Waals surface area contributed by atoms with Crippen LogP contribution in [0, 0.1) is 12.7 Å². The van der Waals surface area contributed by atoms with Crippen molar-refractivity contribution in [3.8, 4) is 0 Å². The average Bonchev–Trinajstić information content (AvgIpc) is 2.47. The van der Waals surface area contributed by atoms with Gasteiger partial charge in [-0.3, -0.25) is 9.71 Å². The van der Waals surface area contributed by atoms with E-state index in [1.807, 2.05) is 12.1 Å². The fraction of sp³-hybridized carbons (Fsp3) is 0.0625. The Balaban J connectivity index is 2.07. The van der Waals surface area contributed by atoms with Gasteiger partial charge in [-0.15, -0.1) is 0 Å². The van der Waals surface area contributed by atoms with Crippen molar-refractivity contribution in [2.45, 2.75) is 11.8 Å². The first-order valence-corrected chi connectivity index (χ1v) is 8.08. The average molecular weight is 316 g/mol. The van der Waals surface area contributed by atoms with E-state index in [-0.39, 0.29) is 4.90 Å². The molecule has 2 aromatic carbocycles. The minimum absolute atomic E-state index is 0.318. The molecule has 4 nitrogen and oxygen atoms in total. The van der Waals surface area contributed by atoms with Gasteiger partial charge in [0, 0.05) is 11.6 Å². The van der Waals surface area contributed by atoms with Gasteiger partial charge in [0.1, 0.15) is 10.7 Å². The summed E-state index contributed by atoms with van der Waals surface area (Å²) in [6, 6.07) is 12.7. The molecule has 22 heavy (non-hydrogen) atoms. The number of benzene rings is 2. The number of sulfonamides is 1. The first kappa shape index (κ1) is 14.5. The number of rotatable bonds is 3. The number of fused-ring (bicyclic) bond motifs is 1. The SMILES string of the molecule is Cc1ccc(S(=O)(=O)Nc2cccc3cccnc23)c(F)c1. The maximum atomic E-state index is 13.9. The van der Waals surface area contributed by atoms with Crippen molar-refractivity contribution in [1.29, 1.82) is 0 Å². The second-order valence-electron chi connectivity index (χ2n) is 4.92. The van der Waals surface area contributed by atoms with Crippen molar-refractivity contribution < 1.29 is 12.8 Å². The van der Waals surface area contributed by atoms with Crippen molar-refractivity contribution in [3.63, 3.8) is 0 Å². The molecule has 3 rings (SSSR count). The first-order valence-electron chi connectivity index (χ1n) is 6.60. The summed E-state index contributed by atoms with van der Waals surface area (Å²) < 4.78 is 41.1. The molecule has 1 aromatic heterocycles. The lowest BCUT2D eigenvalue weighted by atomic mass is 10.2. The van der Waals surface area contributed by atoms with Gasteiger partial charge in [-0.05, 0) is 36.8 Å². The standard InChI is InChI=1S/C16H13FN2O2S/c1-11-7-8-15(13(17)10-11)22(20,21)19-14-6-2-4-12-5-3-9-18-16(12)14/h2-10,19H,1H3. The van der Waals surface area contributed by atoms with Gasteiger partial charge >= 0.3 is 0 Å². The number of aromatic nitrogens is 1. The molecule has 0 aliphatic heterocycles. The van der Waals surface area contributed by atoms with Crippen LogP contribution in [0.3, 0.4) is 0 Å². The van der Waals surface area contributed by atoms with Crippen LogP contribution in [0.5, 0.6) is 0 Å². The van der Waals surface area contributed by atoms with Gasteiger partial charge in [0.25, 0.3) is 10.0 Å². The number of pyridine rings is 1. The van der Waals surface area contributed by atoms with E-state index in [2.05, 4.69) is 9.71 Å². The van der Waals surface area contributed by atoms with Gasteiger partial charge in [0.05, 0.1) is 11.2 Å². The van der Waals surface area contributed by atoms with Crippen LogP contribution in [-0.2, 0) is 10.0 Å². The van der Waals surface area contributed by atoms with Gasteiger partial charge in [-0.2, -0.15) is 0 Å². The lowest BCUT2D eigenvalue weighted by molar-refractivity contribution is 0.569. The number of halogens is 1. The number of nitrogens with zero attached hydrogens (tertiary/aromatic N) is 1. The molecule has 0 aliphatic rings. The molecule has 0 spiro atoms. The van der Waals surface area contributed by atoms with Crippen LogP contribution in [0.4, 0.5) is 10.1 Å². The number of aryl methyl sites for hydroxylation is 1. The molecular weight excluding hydrogens is 303 g/mol. The predicted molar refractivity (Wildman–Crippen MR) is 83.7 cm³/mol. The minimum atomic E-state index is -4.02. The maximum Gasteiger partial charge on any atom is 0.264 e. The smallest absolute Gasteiger partial charge is 0.264 e. The van der Waals surface area contributed by atoms with E-state index in [0.29, 0.717) is 16.8 Å². The summed E-state index contributed by atoms with van der Waals surface area (Å²) in [5.41, 5.74) is 1.49. The van der Waals surface area contributed by atoms with E-state index in [9.17, 15) is 12.8 Å². The summed E-state index contributed by atoms with van der Waals surface area (Å²) in [4.78, 5) is 3.79. The molecule has 0 saturated heterocycles. The zero-order valence-corrected chi connectivity index (χ0v) is 12.6. The largest absolute Gasteiger partial charge is 0.277 e. The number of nitrogens with one attached hydrogen (secondary N) is 1. The summed E-state index contributed by atoms with van der Waals surface area (Å²) >= 11 is 0. The number of anilines is 1. The molecule has 1 heterocycles. The molecule has 0 fully saturated rings. The van der Waals surface area contributed by atoms with Gasteiger partial charge in [0.2, 0.25) is 0 Å². The maximum absolute atomic E-state index is 13.9. The Labute approximate surface area is 127 Å². The molecule has 0 unspecified atom stereocenters.